The molecule has 1 heterocycles. The molecule has 0 fully saturated rings. The number of nitrogens with one attached hydrogen (secondary N) is 1. The predicted molar refractivity (Wildman–Crippen MR) is 137 cm³/mol. The van der Waals surface area contributed by atoms with Gasteiger partial charge < -0.3 is 14.8 Å². The number of hydrogen-bond acceptors (Lipinski definition) is 7. The third-order valence-corrected chi connectivity index (χ3v) is 5.77. The molecule has 0 spiro atoms. The molecule has 0 aliphatic rings. The highest BCUT2D eigenvalue weighted by atomic mass is 19.1. The van der Waals surface area contributed by atoms with Crippen LogP contribution >= 0.6 is 0 Å². The molecule has 198 valence electrons. The maximum Gasteiger partial charge on any atom is 0.251 e. The van der Waals surface area contributed by atoms with Gasteiger partial charge in [-0.05, 0) is 60.4 Å². The van der Waals surface area contributed by atoms with Crippen molar-refractivity contribution in [1.29, 1.82) is 0 Å². The first-order chi connectivity index (χ1) is 17.8. The minimum atomic E-state index is -0.843. The van der Waals surface area contributed by atoms with Crippen LogP contribution in [0.15, 0.2) is 42.5 Å². The Labute approximate surface area is 215 Å². The minimum absolute atomic E-state index is 0.243. The van der Waals surface area contributed by atoms with Gasteiger partial charge in [-0.25, -0.2) is 4.39 Å². The van der Waals surface area contributed by atoms with Crippen molar-refractivity contribution in [2.75, 3.05) is 25.7 Å². The number of carbonyl (C=O) groups is 2. The van der Waals surface area contributed by atoms with Crippen LogP contribution in [0.25, 0.3) is 11.4 Å². The summed E-state index contributed by atoms with van der Waals surface area (Å²) >= 11 is 0. The molecule has 0 aliphatic carbocycles. The number of methoxy groups -OCH3 is 2. The van der Waals surface area contributed by atoms with Gasteiger partial charge in [-0.15, -0.1) is 10.2 Å². The molecule has 2 amide bonds. The number of amides is 2. The molecule has 1 atom stereocenters. The zero-order valence-corrected chi connectivity index (χ0v) is 21.8. The number of benzene rings is 2. The number of nitrogens with zero attached hydrogens (tertiary/aromatic N) is 5. The maximum atomic E-state index is 13.8. The van der Waals surface area contributed by atoms with Crippen molar-refractivity contribution in [2.24, 2.45) is 5.92 Å². The van der Waals surface area contributed by atoms with Crippen molar-refractivity contribution in [3.63, 3.8) is 0 Å². The molecule has 0 saturated carbocycles. The molecule has 0 saturated heterocycles. The SMILES string of the molecule is CC[C@@H](C(=O)NCCC(C)C)N(C(=O)Cn1nnc(-c2ccc(F)cc2)n1)c1c(OC)cccc1OC. The van der Waals surface area contributed by atoms with E-state index in [4.69, 9.17) is 9.47 Å². The normalized spacial score (nSPS) is 11.8. The van der Waals surface area contributed by atoms with Crippen LogP contribution in [-0.4, -0.2) is 58.8 Å². The van der Waals surface area contributed by atoms with Gasteiger partial charge in [-0.1, -0.05) is 26.8 Å². The molecular weight excluding hydrogens is 479 g/mol. The minimum Gasteiger partial charge on any atom is -0.494 e. The van der Waals surface area contributed by atoms with Crippen LogP contribution in [0.2, 0.25) is 0 Å². The average Bonchev–Trinajstić information content (AvgIpc) is 3.35. The van der Waals surface area contributed by atoms with Gasteiger partial charge in [0.25, 0.3) is 5.91 Å². The molecule has 1 aromatic heterocycles. The van der Waals surface area contributed by atoms with Crippen LogP contribution in [0.1, 0.15) is 33.6 Å². The van der Waals surface area contributed by atoms with Crippen LogP contribution in [0.3, 0.4) is 0 Å². The Morgan fingerprint density at radius 2 is 1.73 bits per heavy atom. The Morgan fingerprint density at radius 3 is 2.30 bits per heavy atom. The van der Waals surface area contributed by atoms with Crippen LogP contribution in [-0.2, 0) is 16.1 Å². The first-order valence-corrected chi connectivity index (χ1v) is 12.1. The summed E-state index contributed by atoms with van der Waals surface area (Å²) in [5.74, 6) is 0.276. The average molecular weight is 513 g/mol. The number of halogens is 1. The summed E-state index contributed by atoms with van der Waals surface area (Å²) < 4.78 is 24.4. The molecule has 0 radical (unpaired) electrons. The van der Waals surface area contributed by atoms with Crippen molar-refractivity contribution in [2.45, 2.75) is 46.2 Å². The zero-order chi connectivity index (χ0) is 26.9. The first kappa shape index (κ1) is 27.6. The van der Waals surface area contributed by atoms with E-state index in [0.717, 1.165) is 11.2 Å². The standard InChI is InChI=1S/C26H33FN6O4/c1-6-20(26(35)28-15-14-17(2)3)33(24-21(36-4)8-7-9-22(24)37-5)23(34)16-32-30-25(29-31-32)18-10-12-19(27)13-11-18/h7-13,17,20H,6,14-16H2,1-5H3,(H,28,35)/t20-/m0/s1. The Hall–Kier alpha value is -4.02. The Morgan fingerprint density at radius 1 is 1.08 bits per heavy atom. The lowest BCUT2D eigenvalue weighted by atomic mass is 10.1. The number of para-hydroxylation sites is 1. The first-order valence-electron chi connectivity index (χ1n) is 12.1. The van der Waals surface area contributed by atoms with Crippen molar-refractivity contribution in [1.82, 2.24) is 25.5 Å². The van der Waals surface area contributed by atoms with E-state index in [0.29, 0.717) is 41.6 Å². The Bertz CT molecular complexity index is 1180. The lowest BCUT2D eigenvalue weighted by Gasteiger charge is -2.32. The van der Waals surface area contributed by atoms with Crippen LogP contribution < -0.4 is 19.7 Å². The number of aromatic nitrogens is 4. The van der Waals surface area contributed by atoms with Gasteiger partial charge in [0.05, 0.1) is 14.2 Å². The lowest BCUT2D eigenvalue weighted by molar-refractivity contribution is -0.127. The molecule has 1 N–H and O–H groups in total. The fourth-order valence-corrected chi connectivity index (χ4v) is 3.83. The molecule has 0 unspecified atom stereocenters. The molecule has 3 rings (SSSR count). The molecule has 0 bridgehead atoms. The van der Waals surface area contributed by atoms with Crippen molar-refractivity contribution >= 4 is 17.5 Å². The smallest absolute Gasteiger partial charge is 0.251 e. The number of ether oxygens (including phenoxy) is 2. The van der Waals surface area contributed by atoms with Gasteiger partial charge in [0.15, 0.2) is 0 Å². The van der Waals surface area contributed by atoms with Gasteiger partial charge in [0, 0.05) is 12.1 Å². The van der Waals surface area contributed by atoms with Crippen LogP contribution in [0, 0.1) is 11.7 Å². The monoisotopic (exact) mass is 512 g/mol. The lowest BCUT2D eigenvalue weighted by Crippen LogP contribution is -2.51. The van der Waals surface area contributed by atoms with Crippen molar-refractivity contribution < 1.29 is 23.5 Å². The fraction of sp³-hybridized carbons (Fsp3) is 0.423. The Balaban J connectivity index is 1.96. The zero-order valence-electron chi connectivity index (χ0n) is 21.8. The van der Waals surface area contributed by atoms with E-state index in [-0.39, 0.29) is 24.1 Å². The highest BCUT2D eigenvalue weighted by Gasteiger charge is 2.34. The predicted octanol–water partition coefficient (Wildman–Crippen LogP) is 3.47. The summed E-state index contributed by atoms with van der Waals surface area (Å²) in [4.78, 5) is 29.6. The quantitative estimate of drug-likeness (QED) is 0.396. The largest absolute Gasteiger partial charge is 0.494 e. The third-order valence-electron chi connectivity index (χ3n) is 5.77. The number of rotatable bonds is 12. The summed E-state index contributed by atoms with van der Waals surface area (Å²) in [6, 6.07) is 9.93. The highest BCUT2D eigenvalue weighted by Crippen LogP contribution is 2.39. The molecular formula is C26H33FN6O4. The van der Waals surface area contributed by atoms with E-state index in [1.165, 1.54) is 43.4 Å². The fourth-order valence-electron chi connectivity index (χ4n) is 3.83. The molecule has 3 aromatic rings. The van der Waals surface area contributed by atoms with E-state index < -0.39 is 11.9 Å². The van der Waals surface area contributed by atoms with Gasteiger partial charge in [0.2, 0.25) is 11.7 Å². The van der Waals surface area contributed by atoms with Crippen LogP contribution in [0.4, 0.5) is 10.1 Å². The van der Waals surface area contributed by atoms with Gasteiger partial charge in [0.1, 0.15) is 35.6 Å². The maximum absolute atomic E-state index is 13.8. The number of hydrogen-bond donors (Lipinski definition) is 1. The summed E-state index contributed by atoms with van der Waals surface area (Å²) in [6.45, 7) is 6.17. The van der Waals surface area contributed by atoms with Gasteiger partial charge in [-0.2, -0.15) is 4.80 Å². The Kier molecular flexibility index (Phi) is 9.53. The van der Waals surface area contributed by atoms with E-state index in [9.17, 15) is 14.0 Å². The number of anilines is 1. The van der Waals surface area contributed by atoms with Gasteiger partial charge >= 0.3 is 0 Å². The molecule has 37 heavy (non-hydrogen) atoms. The molecule has 10 nitrogen and oxygen atoms in total. The summed E-state index contributed by atoms with van der Waals surface area (Å²) in [7, 11) is 2.97. The number of carbonyl (C=O) groups excluding carboxylic acids is 2. The summed E-state index contributed by atoms with van der Waals surface area (Å²) in [5, 5.41) is 15.2. The second kappa shape index (κ2) is 12.8. The number of tetrazole rings is 1. The van der Waals surface area contributed by atoms with E-state index in [1.807, 2.05) is 6.92 Å². The summed E-state index contributed by atoms with van der Waals surface area (Å²) in [6.07, 6.45) is 1.15. The van der Waals surface area contributed by atoms with Crippen LogP contribution in [0.5, 0.6) is 11.5 Å². The third kappa shape index (κ3) is 6.81. The van der Waals surface area contributed by atoms with Crippen molar-refractivity contribution in [3.05, 3.63) is 48.3 Å². The van der Waals surface area contributed by atoms with E-state index in [1.54, 1.807) is 18.2 Å². The molecule has 11 heteroatoms. The van der Waals surface area contributed by atoms with E-state index in [2.05, 4.69) is 34.6 Å². The second-order valence-corrected chi connectivity index (χ2v) is 8.82. The highest BCUT2D eigenvalue weighted by molar-refractivity contribution is 6.03. The van der Waals surface area contributed by atoms with Gasteiger partial charge in [-0.3, -0.25) is 14.5 Å². The summed E-state index contributed by atoms with van der Waals surface area (Å²) in [5.41, 5.74) is 0.890. The van der Waals surface area contributed by atoms with Crippen molar-refractivity contribution in [3.8, 4) is 22.9 Å². The van der Waals surface area contributed by atoms with E-state index >= 15 is 0 Å². The molecule has 2 aromatic carbocycles. The second-order valence-electron chi connectivity index (χ2n) is 8.82. The topological polar surface area (TPSA) is 111 Å². The molecule has 0 aliphatic heterocycles.